The van der Waals surface area contributed by atoms with E-state index in [1.807, 2.05) is 13.8 Å². The van der Waals surface area contributed by atoms with E-state index in [2.05, 4.69) is 42.3 Å². The van der Waals surface area contributed by atoms with Crippen LogP contribution in [-0.2, 0) is 18.5 Å². The largest absolute Gasteiger partial charge is 0.425 e. The van der Waals surface area contributed by atoms with Crippen LogP contribution in [0.15, 0.2) is 20.8 Å². The molecule has 31 heavy (non-hydrogen) atoms. The summed E-state index contributed by atoms with van der Waals surface area (Å²) >= 11 is 0. The fraction of sp³-hybridized carbons (Fsp3) is 0.750. The second kappa shape index (κ2) is 9.50. The van der Waals surface area contributed by atoms with Crippen LogP contribution >= 0.6 is 8.53 Å². The van der Waals surface area contributed by atoms with E-state index < -0.39 is 43.8 Å². The van der Waals surface area contributed by atoms with Crippen LogP contribution in [0.4, 0.5) is 0 Å². The summed E-state index contributed by atoms with van der Waals surface area (Å²) in [6.45, 7) is 14.8. The van der Waals surface area contributed by atoms with Crippen LogP contribution in [0.2, 0.25) is 0 Å². The minimum absolute atomic E-state index is 0.176. The smallest absolute Gasteiger partial charge is 0.330 e. The molecule has 5 unspecified atom stereocenters. The SMILES string of the molecule is CCN=COP(OC1C2OCC1(C)OC2n1cc(C)c(=O)[nH]c1=O)N(C(C)C)C(C)C. The minimum Gasteiger partial charge on any atom is -0.425 e. The molecular weight excluding hydrogens is 423 g/mol. The van der Waals surface area contributed by atoms with Crippen molar-refractivity contribution < 1.29 is 18.5 Å². The molecule has 174 valence electrons. The van der Waals surface area contributed by atoms with Crippen LogP contribution in [-0.4, -0.2) is 63.7 Å². The molecule has 1 aromatic heterocycles. The molecule has 2 fully saturated rings. The molecule has 0 spiro atoms. The Morgan fingerprint density at radius 3 is 2.68 bits per heavy atom. The van der Waals surface area contributed by atoms with Gasteiger partial charge in [-0.3, -0.25) is 19.3 Å². The Bertz CT molecular complexity index is 908. The van der Waals surface area contributed by atoms with Gasteiger partial charge in [-0.25, -0.2) is 9.46 Å². The van der Waals surface area contributed by atoms with Crippen LogP contribution in [0.5, 0.6) is 0 Å². The molecule has 5 atom stereocenters. The van der Waals surface area contributed by atoms with Gasteiger partial charge in [-0.05, 0) is 48.5 Å². The van der Waals surface area contributed by atoms with E-state index in [-0.39, 0.29) is 12.1 Å². The number of ether oxygens (including phenoxy) is 2. The average molecular weight is 456 g/mol. The third-order valence-electron chi connectivity index (χ3n) is 5.40. The molecule has 0 aromatic carbocycles. The molecule has 10 nitrogen and oxygen atoms in total. The molecular formula is C20H33N4O6P. The maximum Gasteiger partial charge on any atom is 0.330 e. The van der Waals surface area contributed by atoms with Gasteiger partial charge in [-0.15, -0.1) is 0 Å². The molecule has 2 bridgehead atoms. The lowest BCUT2D eigenvalue weighted by atomic mass is 10.0. The maximum atomic E-state index is 12.4. The van der Waals surface area contributed by atoms with Gasteiger partial charge >= 0.3 is 14.2 Å². The topological polar surface area (TPSA) is 107 Å². The van der Waals surface area contributed by atoms with Crippen molar-refractivity contribution in [3.63, 3.8) is 0 Å². The number of H-pyrrole nitrogens is 1. The van der Waals surface area contributed by atoms with Crippen LogP contribution in [0.1, 0.15) is 53.3 Å². The Hall–Kier alpha value is -1.58. The molecule has 3 rings (SSSR count). The van der Waals surface area contributed by atoms with Gasteiger partial charge in [-0.2, -0.15) is 0 Å². The first-order chi connectivity index (χ1) is 14.6. The van der Waals surface area contributed by atoms with Gasteiger partial charge in [0.15, 0.2) is 12.6 Å². The van der Waals surface area contributed by atoms with E-state index in [0.29, 0.717) is 18.7 Å². The van der Waals surface area contributed by atoms with Gasteiger partial charge in [0.05, 0.1) is 6.61 Å². The number of nitrogens with zero attached hydrogens (tertiary/aromatic N) is 3. The van der Waals surface area contributed by atoms with Crippen LogP contribution in [0.25, 0.3) is 0 Å². The van der Waals surface area contributed by atoms with E-state index in [1.165, 1.54) is 17.2 Å². The molecule has 2 aliphatic heterocycles. The standard InChI is InChI=1S/C20H33N4O6P/c1-8-21-11-28-31(24(12(2)3)13(4)5)30-16-15-18(29-20(16,7)10-27-15)23-9-14(6)17(25)22-19(23)26/h9,11-13,15-16,18H,8,10H2,1-7H3,(H,22,25,26). The average Bonchev–Trinajstić information content (AvgIpc) is 3.13. The predicted molar refractivity (Wildman–Crippen MR) is 118 cm³/mol. The van der Waals surface area contributed by atoms with Crippen molar-refractivity contribution in [1.82, 2.24) is 14.2 Å². The number of aromatic amines is 1. The zero-order chi connectivity index (χ0) is 22.9. The van der Waals surface area contributed by atoms with Gasteiger partial charge < -0.3 is 18.5 Å². The molecule has 2 saturated heterocycles. The summed E-state index contributed by atoms with van der Waals surface area (Å²) in [5.74, 6) is 0. The van der Waals surface area contributed by atoms with E-state index in [1.54, 1.807) is 6.92 Å². The second-order valence-corrected chi connectivity index (χ2v) is 9.98. The fourth-order valence-corrected chi connectivity index (χ4v) is 5.67. The van der Waals surface area contributed by atoms with Crippen LogP contribution < -0.4 is 11.2 Å². The first kappa shape index (κ1) is 24.1. The number of aromatic nitrogens is 2. The van der Waals surface area contributed by atoms with Gasteiger partial charge in [0, 0.05) is 30.4 Å². The summed E-state index contributed by atoms with van der Waals surface area (Å²) in [6, 6.07) is 0.352. The third-order valence-corrected chi connectivity index (χ3v) is 7.38. The molecule has 0 amide bonds. The molecule has 3 heterocycles. The predicted octanol–water partition coefficient (Wildman–Crippen LogP) is 2.33. The molecule has 0 aliphatic carbocycles. The summed E-state index contributed by atoms with van der Waals surface area (Å²) in [4.78, 5) is 30.7. The highest BCUT2D eigenvalue weighted by Gasteiger charge is 2.62. The van der Waals surface area contributed by atoms with Gasteiger partial charge in [0.25, 0.3) is 5.56 Å². The highest BCUT2D eigenvalue weighted by molar-refractivity contribution is 7.45. The van der Waals surface area contributed by atoms with E-state index in [9.17, 15) is 9.59 Å². The zero-order valence-electron chi connectivity index (χ0n) is 19.2. The lowest BCUT2D eigenvalue weighted by Crippen LogP contribution is -2.41. The monoisotopic (exact) mass is 456 g/mol. The fourth-order valence-electron chi connectivity index (χ4n) is 3.97. The highest BCUT2D eigenvalue weighted by atomic mass is 31.2. The summed E-state index contributed by atoms with van der Waals surface area (Å²) in [6.07, 6.45) is 1.25. The molecule has 0 saturated carbocycles. The van der Waals surface area contributed by atoms with Crippen molar-refractivity contribution in [3.8, 4) is 0 Å². The summed E-state index contributed by atoms with van der Waals surface area (Å²) < 4.78 is 28.2. The Morgan fingerprint density at radius 2 is 2.06 bits per heavy atom. The quantitative estimate of drug-likeness (QED) is 0.345. The van der Waals surface area contributed by atoms with Gasteiger partial charge in [0.1, 0.15) is 17.8 Å². The second-order valence-electron chi connectivity index (χ2n) is 8.62. The van der Waals surface area contributed by atoms with Crippen LogP contribution in [0.3, 0.4) is 0 Å². The van der Waals surface area contributed by atoms with E-state index in [0.717, 1.165) is 0 Å². The number of hydrogen-bond donors (Lipinski definition) is 1. The number of aliphatic imine (C=N–C) groups is 1. The van der Waals surface area contributed by atoms with E-state index in [4.69, 9.17) is 18.5 Å². The summed E-state index contributed by atoms with van der Waals surface area (Å²) in [7, 11) is -1.50. The summed E-state index contributed by atoms with van der Waals surface area (Å²) in [5.41, 5.74) is -1.30. The van der Waals surface area contributed by atoms with Crippen molar-refractivity contribution in [3.05, 3.63) is 32.6 Å². The highest BCUT2D eigenvalue weighted by Crippen LogP contribution is 2.54. The Labute approximate surface area is 183 Å². The van der Waals surface area contributed by atoms with Crippen molar-refractivity contribution in [2.45, 2.75) is 84.6 Å². The van der Waals surface area contributed by atoms with Crippen molar-refractivity contribution in [2.75, 3.05) is 13.2 Å². The number of aryl methyl sites for hydroxylation is 1. The van der Waals surface area contributed by atoms with E-state index >= 15 is 0 Å². The first-order valence-corrected chi connectivity index (χ1v) is 11.7. The minimum atomic E-state index is -1.50. The number of hydrogen-bond acceptors (Lipinski definition) is 8. The van der Waals surface area contributed by atoms with Crippen molar-refractivity contribution >= 4 is 14.9 Å². The Balaban J connectivity index is 1.90. The normalized spacial score (nSPS) is 29.0. The lowest BCUT2D eigenvalue weighted by molar-refractivity contribution is -0.167. The van der Waals surface area contributed by atoms with Crippen molar-refractivity contribution in [2.24, 2.45) is 4.99 Å². The maximum absolute atomic E-state index is 12.4. The first-order valence-electron chi connectivity index (χ1n) is 10.6. The molecule has 11 heteroatoms. The lowest BCUT2D eigenvalue weighted by Gasteiger charge is -2.36. The number of nitrogens with one attached hydrogen (secondary N) is 1. The third kappa shape index (κ3) is 4.78. The van der Waals surface area contributed by atoms with Crippen LogP contribution in [0, 0.1) is 6.92 Å². The molecule has 2 aliphatic rings. The zero-order valence-corrected chi connectivity index (χ0v) is 20.1. The summed E-state index contributed by atoms with van der Waals surface area (Å²) in [5, 5.41) is 0. The van der Waals surface area contributed by atoms with Gasteiger partial charge in [0.2, 0.25) is 0 Å². The molecule has 1 aromatic rings. The van der Waals surface area contributed by atoms with Crippen molar-refractivity contribution in [1.29, 1.82) is 0 Å². The Morgan fingerprint density at radius 1 is 1.39 bits per heavy atom. The van der Waals surface area contributed by atoms with Gasteiger partial charge in [-0.1, -0.05) is 0 Å². The Kier molecular flexibility index (Phi) is 7.38. The molecule has 0 radical (unpaired) electrons. The molecule has 1 N–H and O–H groups in total. The number of rotatable bonds is 9. The number of fused-ring (bicyclic) bond motifs is 2.